The van der Waals surface area contributed by atoms with Crippen LogP contribution in [0.25, 0.3) is 0 Å². The summed E-state index contributed by atoms with van der Waals surface area (Å²) in [6, 6.07) is 5.28. The number of halogens is 1. The van der Waals surface area contributed by atoms with E-state index in [2.05, 4.69) is 9.50 Å². The van der Waals surface area contributed by atoms with Gasteiger partial charge in [-0.3, -0.25) is 4.18 Å². The number of hydrogen-bond donors (Lipinski definition) is 2. The van der Waals surface area contributed by atoms with Crippen molar-refractivity contribution in [3.63, 3.8) is 0 Å². The molecular weight excluding hydrogens is 322 g/mol. The highest BCUT2D eigenvalue weighted by molar-refractivity contribution is 7.86. The summed E-state index contributed by atoms with van der Waals surface area (Å²) < 4.78 is 32.8. The molecule has 2 rings (SSSR count). The van der Waals surface area contributed by atoms with Crippen LogP contribution in [0.4, 0.5) is 11.6 Å². The number of benzene rings is 1. The lowest BCUT2D eigenvalue weighted by atomic mass is 10.2. The smallest absolute Gasteiger partial charge is 0.337 e. The number of aromatic carboxylic acids is 1. The molecule has 1 aromatic heterocycles. The van der Waals surface area contributed by atoms with Crippen LogP contribution in [0.1, 0.15) is 10.4 Å². The van der Waals surface area contributed by atoms with Gasteiger partial charge in [-0.1, -0.05) is 11.6 Å². The molecule has 2 aromatic rings. The fourth-order valence-electron chi connectivity index (χ4n) is 1.60. The van der Waals surface area contributed by atoms with E-state index in [0.717, 1.165) is 13.2 Å². The zero-order chi connectivity index (χ0) is 15.6. The van der Waals surface area contributed by atoms with Crippen LogP contribution in [-0.4, -0.2) is 26.6 Å². The Morgan fingerprint density at radius 3 is 2.67 bits per heavy atom. The van der Waals surface area contributed by atoms with Gasteiger partial charge in [0, 0.05) is 6.07 Å². The van der Waals surface area contributed by atoms with Crippen LogP contribution >= 0.6 is 11.6 Å². The van der Waals surface area contributed by atoms with Crippen molar-refractivity contribution in [2.75, 3.05) is 12.4 Å². The lowest BCUT2D eigenvalue weighted by molar-refractivity contribution is 0.0697. The first-order valence-electron chi connectivity index (χ1n) is 5.53. The zero-order valence-corrected chi connectivity index (χ0v) is 12.2. The monoisotopic (exact) mass is 331 g/mol. The Balaban J connectivity index is 2.57. The lowest BCUT2D eigenvalue weighted by Gasteiger charge is -2.11. The third-order valence-electron chi connectivity index (χ3n) is 2.57. The highest BCUT2D eigenvalue weighted by Crippen LogP contribution is 2.31. The van der Waals surface area contributed by atoms with E-state index >= 15 is 0 Å². The Hall–Kier alpha value is -2.03. The van der Waals surface area contributed by atoms with Gasteiger partial charge < -0.3 is 14.8 Å². The Labute approximate surface area is 125 Å². The fourth-order valence-corrected chi connectivity index (χ4v) is 2.78. The molecule has 21 heavy (non-hydrogen) atoms. The van der Waals surface area contributed by atoms with Crippen molar-refractivity contribution < 1.29 is 26.9 Å². The summed E-state index contributed by atoms with van der Waals surface area (Å²) in [4.78, 5) is 10.9. The molecule has 0 radical (unpaired) electrons. The van der Waals surface area contributed by atoms with Crippen LogP contribution in [0.15, 0.2) is 39.8 Å². The minimum atomic E-state index is -4.11. The van der Waals surface area contributed by atoms with Gasteiger partial charge in [0.25, 0.3) is 10.1 Å². The van der Waals surface area contributed by atoms with Gasteiger partial charge in [-0.15, -0.1) is 0 Å². The predicted molar refractivity (Wildman–Crippen MR) is 74.6 cm³/mol. The molecule has 9 heteroatoms. The first-order chi connectivity index (χ1) is 9.85. The van der Waals surface area contributed by atoms with E-state index in [0.29, 0.717) is 0 Å². The second kappa shape index (κ2) is 5.76. The van der Waals surface area contributed by atoms with Gasteiger partial charge >= 0.3 is 5.97 Å². The van der Waals surface area contributed by atoms with Crippen LogP contribution in [0.5, 0.6) is 0 Å². The molecule has 0 unspecified atom stereocenters. The molecule has 0 saturated heterocycles. The lowest BCUT2D eigenvalue weighted by Crippen LogP contribution is -2.09. The Kier molecular flexibility index (Phi) is 4.21. The van der Waals surface area contributed by atoms with Crippen molar-refractivity contribution in [2.24, 2.45) is 0 Å². The van der Waals surface area contributed by atoms with Crippen molar-refractivity contribution >= 4 is 39.3 Å². The van der Waals surface area contributed by atoms with Gasteiger partial charge in [-0.05, 0) is 18.2 Å². The van der Waals surface area contributed by atoms with Crippen molar-refractivity contribution in [1.29, 1.82) is 0 Å². The van der Waals surface area contributed by atoms with E-state index in [1.54, 1.807) is 12.1 Å². The maximum absolute atomic E-state index is 11.7. The average molecular weight is 332 g/mol. The van der Waals surface area contributed by atoms with Gasteiger partial charge in [0.1, 0.15) is 4.90 Å². The highest BCUT2D eigenvalue weighted by Gasteiger charge is 2.23. The first-order valence-corrected chi connectivity index (χ1v) is 7.32. The summed E-state index contributed by atoms with van der Waals surface area (Å²) in [7, 11) is -3.15. The molecular formula is C12H10ClNO6S. The standard InChI is InChI=1S/C12H10ClNO6S/c1-19-21(17,18)10-5-7(12(15)16)9(6-8(10)13)14-11-3-2-4-20-11/h2-6,14H,1H3,(H,15,16). The number of carboxylic acid groups (broad SMARTS) is 1. The number of carbonyl (C=O) groups is 1. The summed E-state index contributed by atoms with van der Waals surface area (Å²) >= 11 is 5.89. The summed E-state index contributed by atoms with van der Waals surface area (Å²) in [5.41, 5.74) is -0.191. The normalized spacial score (nSPS) is 11.3. The molecule has 1 heterocycles. The van der Waals surface area contributed by atoms with Crippen LogP contribution in [0.2, 0.25) is 5.02 Å². The van der Waals surface area contributed by atoms with Crippen LogP contribution in [0, 0.1) is 0 Å². The minimum Gasteiger partial charge on any atom is -0.478 e. The molecule has 0 aliphatic carbocycles. The third kappa shape index (κ3) is 3.18. The molecule has 2 N–H and O–H groups in total. The molecule has 112 valence electrons. The van der Waals surface area contributed by atoms with Gasteiger partial charge in [0.05, 0.1) is 29.6 Å². The summed E-state index contributed by atoms with van der Waals surface area (Å²) in [5, 5.41) is 11.7. The average Bonchev–Trinajstić information content (AvgIpc) is 2.91. The van der Waals surface area contributed by atoms with Crippen LogP contribution < -0.4 is 5.32 Å². The number of furan rings is 1. The van der Waals surface area contributed by atoms with E-state index in [1.807, 2.05) is 0 Å². The van der Waals surface area contributed by atoms with E-state index in [4.69, 9.17) is 16.0 Å². The summed E-state index contributed by atoms with van der Waals surface area (Å²) in [6.45, 7) is 0. The van der Waals surface area contributed by atoms with Crippen LogP contribution in [-0.2, 0) is 14.3 Å². The highest BCUT2D eigenvalue weighted by atomic mass is 35.5. The van der Waals surface area contributed by atoms with Gasteiger partial charge in [0.2, 0.25) is 0 Å². The third-order valence-corrected chi connectivity index (χ3v) is 4.31. The van der Waals surface area contributed by atoms with Crippen molar-refractivity contribution in [3.05, 3.63) is 41.1 Å². The molecule has 0 amide bonds. The van der Waals surface area contributed by atoms with Crippen molar-refractivity contribution in [1.82, 2.24) is 0 Å². The molecule has 1 aromatic carbocycles. The first kappa shape index (κ1) is 15.4. The van der Waals surface area contributed by atoms with E-state index in [1.165, 1.54) is 12.3 Å². The Bertz CT molecular complexity index is 769. The Morgan fingerprint density at radius 2 is 2.14 bits per heavy atom. The van der Waals surface area contributed by atoms with E-state index in [-0.39, 0.29) is 22.2 Å². The molecule has 0 bridgehead atoms. The second-order valence-corrected chi connectivity index (χ2v) is 5.95. The SMILES string of the molecule is COS(=O)(=O)c1cc(C(=O)O)c(Nc2ccco2)cc1Cl. The minimum absolute atomic E-state index is 0.0949. The largest absolute Gasteiger partial charge is 0.478 e. The molecule has 0 aliphatic heterocycles. The Morgan fingerprint density at radius 1 is 1.43 bits per heavy atom. The summed E-state index contributed by atoms with van der Waals surface area (Å²) in [5.74, 6) is -1.04. The maximum atomic E-state index is 11.7. The molecule has 7 nitrogen and oxygen atoms in total. The van der Waals surface area contributed by atoms with Gasteiger partial charge in [-0.2, -0.15) is 8.42 Å². The quantitative estimate of drug-likeness (QED) is 0.811. The van der Waals surface area contributed by atoms with Crippen LogP contribution in [0.3, 0.4) is 0 Å². The van der Waals surface area contributed by atoms with Gasteiger partial charge in [0.15, 0.2) is 5.88 Å². The van der Waals surface area contributed by atoms with E-state index < -0.39 is 21.0 Å². The fraction of sp³-hybridized carbons (Fsp3) is 0.0833. The van der Waals surface area contributed by atoms with Crippen molar-refractivity contribution in [2.45, 2.75) is 4.90 Å². The predicted octanol–water partition coefficient (Wildman–Crippen LogP) is 2.71. The van der Waals surface area contributed by atoms with Gasteiger partial charge in [-0.25, -0.2) is 4.79 Å². The zero-order valence-electron chi connectivity index (χ0n) is 10.7. The molecule has 0 aliphatic rings. The molecule has 0 saturated carbocycles. The molecule has 0 fully saturated rings. The maximum Gasteiger partial charge on any atom is 0.337 e. The number of hydrogen-bond acceptors (Lipinski definition) is 6. The second-order valence-electron chi connectivity index (χ2n) is 3.86. The summed E-state index contributed by atoms with van der Waals surface area (Å²) in [6.07, 6.45) is 1.40. The molecule has 0 atom stereocenters. The van der Waals surface area contributed by atoms with Crippen molar-refractivity contribution in [3.8, 4) is 0 Å². The number of anilines is 2. The topological polar surface area (TPSA) is 106 Å². The number of rotatable bonds is 5. The number of nitrogens with one attached hydrogen (secondary N) is 1. The number of carboxylic acids is 1. The van der Waals surface area contributed by atoms with E-state index in [9.17, 15) is 18.3 Å². The molecule has 0 spiro atoms.